The van der Waals surface area contributed by atoms with Gasteiger partial charge in [0, 0.05) is 24.1 Å². The lowest BCUT2D eigenvalue weighted by Gasteiger charge is -2.57. The van der Waals surface area contributed by atoms with Crippen LogP contribution in [-0.4, -0.2) is 12.6 Å². The highest BCUT2D eigenvalue weighted by Crippen LogP contribution is 2.59. The fourth-order valence-corrected chi connectivity index (χ4v) is 3.82. The Kier molecular flexibility index (Phi) is 4.72. The van der Waals surface area contributed by atoms with Crippen LogP contribution < -0.4 is 5.32 Å². The van der Waals surface area contributed by atoms with Gasteiger partial charge in [0.15, 0.2) is 0 Å². The van der Waals surface area contributed by atoms with Crippen LogP contribution in [0.4, 0.5) is 8.78 Å². The molecule has 0 bridgehead atoms. The summed E-state index contributed by atoms with van der Waals surface area (Å²) in [5.41, 5.74) is 1.02. The van der Waals surface area contributed by atoms with Gasteiger partial charge in [0.25, 0.3) is 0 Å². The number of rotatable bonds is 6. The van der Waals surface area contributed by atoms with E-state index in [4.69, 9.17) is 0 Å². The SMILES string of the molecule is CCC1(CC)CC(CNC(C)C)(c2cc(F)cc(F)c2)C1. The van der Waals surface area contributed by atoms with Crippen LogP contribution in [0.25, 0.3) is 0 Å². The maximum atomic E-state index is 13.6. The predicted octanol–water partition coefficient (Wildman–Crippen LogP) is 4.80. The molecule has 1 saturated carbocycles. The molecule has 0 atom stereocenters. The Morgan fingerprint density at radius 1 is 1.05 bits per heavy atom. The molecule has 118 valence electrons. The average Bonchev–Trinajstić information content (AvgIpc) is 2.37. The maximum absolute atomic E-state index is 13.6. The Bertz CT molecular complexity index is 464. The third-order valence-corrected chi connectivity index (χ3v) is 5.25. The third-order valence-electron chi connectivity index (χ3n) is 5.25. The van der Waals surface area contributed by atoms with E-state index in [0.29, 0.717) is 11.5 Å². The third kappa shape index (κ3) is 3.28. The zero-order valence-electron chi connectivity index (χ0n) is 13.6. The number of halogens is 2. The van der Waals surface area contributed by atoms with Crippen molar-refractivity contribution < 1.29 is 8.78 Å². The Labute approximate surface area is 127 Å². The lowest BCUT2D eigenvalue weighted by molar-refractivity contribution is 0.0115. The minimum atomic E-state index is -0.473. The van der Waals surface area contributed by atoms with Gasteiger partial charge in [-0.15, -0.1) is 0 Å². The molecule has 3 heteroatoms. The van der Waals surface area contributed by atoms with Crippen LogP contribution in [0.15, 0.2) is 18.2 Å². The molecule has 0 unspecified atom stereocenters. The normalized spacial score (nSPS) is 19.6. The van der Waals surface area contributed by atoms with Crippen molar-refractivity contribution >= 4 is 0 Å². The van der Waals surface area contributed by atoms with Crippen molar-refractivity contribution in [2.24, 2.45) is 5.41 Å². The summed E-state index contributed by atoms with van der Waals surface area (Å²) >= 11 is 0. The molecule has 0 aliphatic heterocycles. The first-order valence-corrected chi connectivity index (χ1v) is 8.05. The van der Waals surface area contributed by atoms with Crippen molar-refractivity contribution in [1.29, 1.82) is 0 Å². The first-order valence-electron chi connectivity index (χ1n) is 8.05. The number of benzene rings is 1. The van der Waals surface area contributed by atoms with Gasteiger partial charge in [-0.3, -0.25) is 0 Å². The van der Waals surface area contributed by atoms with Gasteiger partial charge in [-0.25, -0.2) is 8.78 Å². The molecule has 0 aromatic heterocycles. The number of hydrogen-bond acceptors (Lipinski definition) is 1. The summed E-state index contributed by atoms with van der Waals surface area (Å²) in [5, 5.41) is 3.47. The second-order valence-corrected chi connectivity index (χ2v) is 7.03. The Hall–Kier alpha value is -0.960. The zero-order valence-corrected chi connectivity index (χ0v) is 13.6. The minimum Gasteiger partial charge on any atom is -0.314 e. The van der Waals surface area contributed by atoms with Gasteiger partial charge in [0.1, 0.15) is 11.6 Å². The van der Waals surface area contributed by atoms with Crippen molar-refractivity contribution in [2.45, 2.75) is 64.8 Å². The standard InChI is InChI=1S/C18H27F2N/c1-5-17(6-2)10-18(11-17,12-21-13(3)4)14-7-15(19)9-16(20)8-14/h7-9,13,21H,5-6,10-12H2,1-4H3. The van der Waals surface area contributed by atoms with E-state index in [1.165, 1.54) is 12.1 Å². The van der Waals surface area contributed by atoms with Crippen LogP contribution in [0.5, 0.6) is 0 Å². The van der Waals surface area contributed by atoms with Crippen LogP contribution in [0.1, 0.15) is 58.9 Å². The Morgan fingerprint density at radius 3 is 2.00 bits per heavy atom. The molecule has 1 nitrogen and oxygen atoms in total. The van der Waals surface area contributed by atoms with E-state index in [2.05, 4.69) is 33.0 Å². The molecule has 0 amide bonds. The monoisotopic (exact) mass is 295 g/mol. The molecule has 21 heavy (non-hydrogen) atoms. The first-order chi connectivity index (χ1) is 9.84. The topological polar surface area (TPSA) is 12.0 Å². The smallest absolute Gasteiger partial charge is 0.126 e. The van der Waals surface area contributed by atoms with Crippen molar-refractivity contribution in [3.8, 4) is 0 Å². The highest BCUT2D eigenvalue weighted by molar-refractivity contribution is 5.32. The largest absolute Gasteiger partial charge is 0.314 e. The summed E-state index contributed by atoms with van der Waals surface area (Å²) in [7, 11) is 0. The Balaban J connectivity index is 2.29. The fraction of sp³-hybridized carbons (Fsp3) is 0.667. The van der Waals surface area contributed by atoms with Gasteiger partial charge in [-0.1, -0.05) is 40.5 Å². The highest BCUT2D eigenvalue weighted by Gasteiger charge is 2.53. The van der Waals surface area contributed by atoms with Crippen LogP contribution in [0.2, 0.25) is 0 Å². The minimum absolute atomic E-state index is 0.126. The molecular formula is C18H27F2N. The van der Waals surface area contributed by atoms with E-state index in [1.807, 2.05) is 0 Å². The van der Waals surface area contributed by atoms with Crippen LogP contribution >= 0.6 is 0 Å². The second-order valence-electron chi connectivity index (χ2n) is 7.03. The summed E-state index contributed by atoms with van der Waals surface area (Å²) < 4.78 is 27.2. The predicted molar refractivity (Wildman–Crippen MR) is 83.4 cm³/mol. The zero-order chi connectivity index (χ0) is 15.7. The van der Waals surface area contributed by atoms with Crippen LogP contribution in [0, 0.1) is 17.0 Å². The molecule has 0 spiro atoms. The molecule has 1 fully saturated rings. The molecule has 1 aliphatic carbocycles. The van der Waals surface area contributed by atoms with Crippen molar-refractivity contribution in [3.63, 3.8) is 0 Å². The number of hydrogen-bond donors (Lipinski definition) is 1. The van der Waals surface area contributed by atoms with E-state index < -0.39 is 11.6 Å². The van der Waals surface area contributed by atoms with Gasteiger partial charge in [0.2, 0.25) is 0 Å². The summed E-state index contributed by atoms with van der Waals surface area (Å²) in [6, 6.07) is 4.36. The molecule has 1 aliphatic rings. The maximum Gasteiger partial charge on any atom is 0.126 e. The molecule has 1 aromatic rings. The van der Waals surface area contributed by atoms with E-state index in [1.54, 1.807) is 0 Å². The van der Waals surface area contributed by atoms with Crippen LogP contribution in [0.3, 0.4) is 0 Å². The summed E-state index contributed by atoms with van der Waals surface area (Å²) in [4.78, 5) is 0. The van der Waals surface area contributed by atoms with E-state index in [0.717, 1.165) is 43.9 Å². The lowest BCUT2D eigenvalue weighted by atomic mass is 9.48. The Morgan fingerprint density at radius 2 is 1.57 bits per heavy atom. The molecule has 1 aromatic carbocycles. The highest BCUT2D eigenvalue weighted by atomic mass is 19.1. The van der Waals surface area contributed by atoms with Gasteiger partial charge in [0.05, 0.1) is 0 Å². The summed E-state index contributed by atoms with van der Waals surface area (Å²) in [5.74, 6) is -0.946. The van der Waals surface area contributed by atoms with Crippen molar-refractivity contribution in [3.05, 3.63) is 35.4 Å². The van der Waals surface area contributed by atoms with Gasteiger partial charge < -0.3 is 5.32 Å². The second kappa shape index (κ2) is 6.04. The van der Waals surface area contributed by atoms with E-state index in [9.17, 15) is 8.78 Å². The quantitative estimate of drug-likeness (QED) is 0.795. The first kappa shape index (κ1) is 16.4. The average molecular weight is 295 g/mol. The molecule has 0 heterocycles. The van der Waals surface area contributed by atoms with Gasteiger partial charge >= 0.3 is 0 Å². The van der Waals surface area contributed by atoms with Gasteiger partial charge in [-0.05, 0) is 36.0 Å². The molecule has 2 rings (SSSR count). The van der Waals surface area contributed by atoms with Crippen molar-refractivity contribution in [2.75, 3.05) is 6.54 Å². The molecule has 1 N–H and O–H groups in total. The number of nitrogens with one attached hydrogen (secondary N) is 1. The molecular weight excluding hydrogens is 268 g/mol. The molecule has 0 saturated heterocycles. The van der Waals surface area contributed by atoms with Crippen LogP contribution in [-0.2, 0) is 5.41 Å². The lowest BCUT2D eigenvalue weighted by Crippen LogP contribution is -2.55. The van der Waals surface area contributed by atoms with E-state index >= 15 is 0 Å². The fourth-order valence-electron chi connectivity index (χ4n) is 3.82. The summed E-state index contributed by atoms with van der Waals surface area (Å²) in [6.07, 6.45) is 4.28. The molecule has 0 radical (unpaired) electrons. The summed E-state index contributed by atoms with van der Waals surface area (Å²) in [6.45, 7) is 9.43. The van der Waals surface area contributed by atoms with Crippen molar-refractivity contribution in [1.82, 2.24) is 5.32 Å². The van der Waals surface area contributed by atoms with E-state index in [-0.39, 0.29) is 5.41 Å². The van der Waals surface area contributed by atoms with Gasteiger partial charge in [-0.2, -0.15) is 0 Å².